The Hall–Kier alpha value is -3.20. The van der Waals surface area contributed by atoms with Crippen LogP contribution in [0.25, 0.3) is 0 Å². The maximum atomic E-state index is 12.3. The molecule has 1 aromatic carbocycles. The second-order valence-electron chi connectivity index (χ2n) is 5.13. The highest BCUT2D eigenvalue weighted by atomic mass is 32.1. The molecule has 0 radical (unpaired) electrons. The van der Waals surface area contributed by atoms with Gasteiger partial charge in [-0.25, -0.2) is 15.0 Å². The monoisotopic (exact) mass is 371 g/mol. The van der Waals surface area contributed by atoms with Crippen LogP contribution in [0.1, 0.15) is 5.69 Å². The third-order valence-corrected chi connectivity index (χ3v) is 4.17. The van der Waals surface area contributed by atoms with Crippen LogP contribution in [0, 0.1) is 0 Å². The van der Waals surface area contributed by atoms with Crippen LogP contribution < -0.4 is 20.1 Å². The average molecular weight is 371 g/mol. The minimum atomic E-state index is -0.193. The first-order valence-corrected chi connectivity index (χ1v) is 8.56. The van der Waals surface area contributed by atoms with Crippen molar-refractivity contribution in [1.29, 1.82) is 0 Å². The molecule has 0 atom stereocenters. The van der Waals surface area contributed by atoms with Gasteiger partial charge in [0.15, 0.2) is 5.13 Å². The van der Waals surface area contributed by atoms with Crippen LogP contribution in [0.2, 0.25) is 0 Å². The summed E-state index contributed by atoms with van der Waals surface area (Å²) < 4.78 is 10.4. The summed E-state index contributed by atoms with van der Waals surface area (Å²) in [5.74, 6) is 1.44. The van der Waals surface area contributed by atoms with Gasteiger partial charge in [-0.05, 0) is 18.2 Å². The zero-order chi connectivity index (χ0) is 18.4. The number of thiazole rings is 1. The standard InChI is InChI=1S/C17H17N5O3S/c1-24-12-4-5-13(14(9-12)25-2)21-15(23)8-11-10-26-17(20-11)22-16-18-6-3-7-19-16/h3-7,9-10H,8H2,1-2H3,(H,21,23)(H,18,19,20,22). The van der Waals surface area contributed by atoms with E-state index < -0.39 is 0 Å². The molecule has 0 saturated heterocycles. The van der Waals surface area contributed by atoms with Gasteiger partial charge in [-0.2, -0.15) is 0 Å². The Morgan fingerprint density at radius 1 is 1.19 bits per heavy atom. The summed E-state index contributed by atoms with van der Waals surface area (Å²) in [6.07, 6.45) is 3.42. The molecule has 0 aliphatic carbocycles. The number of nitrogens with one attached hydrogen (secondary N) is 2. The molecule has 0 aliphatic rings. The Bertz CT molecular complexity index is 885. The van der Waals surface area contributed by atoms with Crippen LogP contribution in [0.5, 0.6) is 11.5 Å². The van der Waals surface area contributed by atoms with E-state index in [4.69, 9.17) is 9.47 Å². The lowest BCUT2D eigenvalue weighted by Gasteiger charge is -2.11. The Morgan fingerprint density at radius 2 is 2.00 bits per heavy atom. The number of rotatable bonds is 7. The highest BCUT2D eigenvalue weighted by molar-refractivity contribution is 7.13. The second kappa shape index (κ2) is 8.26. The van der Waals surface area contributed by atoms with Crippen LogP contribution in [0.3, 0.4) is 0 Å². The molecule has 0 unspecified atom stereocenters. The fourth-order valence-electron chi connectivity index (χ4n) is 2.17. The van der Waals surface area contributed by atoms with Crippen LogP contribution in [-0.2, 0) is 11.2 Å². The molecule has 1 amide bonds. The minimum absolute atomic E-state index is 0.142. The molecule has 2 aromatic heterocycles. The smallest absolute Gasteiger partial charge is 0.230 e. The molecule has 26 heavy (non-hydrogen) atoms. The summed E-state index contributed by atoms with van der Waals surface area (Å²) in [6.45, 7) is 0. The van der Waals surface area contributed by atoms with Crippen molar-refractivity contribution in [2.45, 2.75) is 6.42 Å². The van der Waals surface area contributed by atoms with Gasteiger partial charge in [0.2, 0.25) is 11.9 Å². The van der Waals surface area contributed by atoms with E-state index in [1.807, 2.05) is 5.38 Å². The number of nitrogens with zero attached hydrogens (tertiary/aromatic N) is 3. The van der Waals surface area contributed by atoms with Gasteiger partial charge in [0.05, 0.1) is 32.0 Å². The van der Waals surface area contributed by atoms with Gasteiger partial charge < -0.3 is 20.1 Å². The van der Waals surface area contributed by atoms with Crippen LogP contribution in [0.4, 0.5) is 16.8 Å². The predicted octanol–water partition coefficient (Wildman–Crippen LogP) is 2.88. The fraction of sp³-hybridized carbons (Fsp3) is 0.176. The number of amides is 1. The number of benzene rings is 1. The molecular formula is C17H17N5O3S. The van der Waals surface area contributed by atoms with E-state index in [0.29, 0.717) is 34.0 Å². The summed E-state index contributed by atoms with van der Waals surface area (Å²) in [5.41, 5.74) is 1.22. The highest BCUT2D eigenvalue weighted by Gasteiger charge is 2.12. The Kier molecular flexibility index (Phi) is 5.59. The molecule has 134 valence electrons. The van der Waals surface area contributed by atoms with Crippen molar-refractivity contribution >= 4 is 34.0 Å². The molecule has 0 spiro atoms. The Balaban J connectivity index is 1.62. The van der Waals surface area contributed by atoms with Gasteiger partial charge in [0.1, 0.15) is 11.5 Å². The number of hydrogen-bond acceptors (Lipinski definition) is 8. The van der Waals surface area contributed by atoms with Crippen molar-refractivity contribution in [2.75, 3.05) is 24.9 Å². The zero-order valence-corrected chi connectivity index (χ0v) is 15.0. The number of ether oxygens (including phenoxy) is 2. The Morgan fingerprint density at radius 3 is 2.73 bits per heavy atom. The van der Waals surface area contributed by atoms with Gasteiger partial charge in [-0.15, -0.1) is 11.3 Å². The number of aromatic nitrogens is 3. The summed E-state index contributed by atoms with van der Waals surface area (Å²) in [5, 5.41) is 8.26. The second-order valence-corrected chi connectivity index (χ2v) is 5.99. The fourth-order valence-corrected chi connectivity index (χ4v) is 2.87. The van der Waals surface area contributed by atoms with Gasteiger partial charge in [-0.1, -0.05) is 0 Å². The van der Waals surface area contributed by atoms with Crippen LogP contribution in [0.15, 0.2) is 42.0 Å². The SMILES string of the molecule is COc1ccc(NC(=O)Cc2csc(Nc3ncccn3)n2)c(OC)c1. The molecule has 8 nitrogen and oxygen atoms in total. The van der Waals surface area contributed by atoms with Crippen molar-refractivity contribution < 1.29 is 14.3 Å². The molecule has 9 heteroatoms. The number of hydrogen-bond donors (Lipinski definition) is 2. The third-order valence-electron chi connectivity index (χ3n) is 3.36. The summed E-state index contributed by atoms with van der Waals surface area (Å²) in [6, 6.07) is 6.93. The van der Waals surface area contributed by atoms with E-state index in [1.54, 1.807) is 43.8 Å². The molecular weight excluding hydrogens is 354 g/mol. The largest absolute Gasteiger partial charge is 0.497 e. The number of methoxy groups -OCH3 is 2. The molecule has 0 fully saturated rings. The van der Waals surface area contributed by atoms with Crippen molar-refractivity contribution in [1.82, 2.24) is 15.0 Å². The molecule has 0 saturated carbocycles. The summed E-state index contributed by atoms with van der Waals surface area (Å²) in [7, 11) is 3.11. The van der Waals surface area contributed by atoms with Crippen molar-refractivity contribution in [2.24, 2.45) is 0 Å². The summed E-state index contributed by atoms with van der Waals surface area (Å²) in [4.78, 5) is 24.8. The van der Waals surface area contributed by atoms with E-state index in [1.165, 1.54) is 18.4 Å². The Labute approximate surface area is 154 Å². The van der Waals surface area contributed by atoms with Crippen molar-refractivity contribution in [3.05, 3.63) is 47.7 Å². The highest BCUT2D eigenvalue weighted by Crippen LogP contribution is 2.29. The molecule has 2 heterocycles. The summed E-state index contributed by atoms with van der Waals surface area (Å²) >= 11 is 1.38. The van der Waals surface area contributed by atoms with Crippen LogP contribution >= 0.6 is 11.3 Å². The molecule has 3 rings (SSSR count). The predicted molar refractivity (Wildman–Crippen MR) is 99.3 cm³/mol. The molecule has 0 aliphatic heterocycles. The lowest BCUT2D eigenvalue weighted by Crippen LogP contribution is -2.15. The normalized spacial score (nSPS) is 10.2. The van der Waals surface area contributed by atoms with Gasteiger partial charge in [0.25, 0.3) is 0 Å². The van der Waals surface area contributed by atoms with Crippen LogP contribution in [-0.4, -0.2) is 35.1 Å². The number of carbonyl (C=O) groups is 1. The van der Waals surface area contributed by atoms with Crippen molar-refractivity contribution in [3.63, 3.8) is 0 Å². The minimum Gasteiger partial charge on any atom is -0.497 e. The van der Waals surface area contributed by atoms with Gasteiger partial charge >= 0.3 is 0 Å². The van der Waals surface area contributed by atoms with Gasteiger partial charge in [0, 0.05) is 23.8 Å². The van der Waals surface area contributed by atoms with E-state index in [9.17, 15) is 4.79 Å². The molecule has 0 bridgehead atoms. The van der Waals surface area contributed by atoms with Gasteiger partial charge in [-0.3, -0.25) is 4.79 Å². The average Bonchev–Trinajstić information content (AvgIpc) is 3.09. The topological polar surface area (TPSA) is 98.3 Å². The van der Waals surface area contributed by atoms with E-state index in [0.717, 1.165) is 0 Å². The molecule has 3 aromatic rings. The maximum Gasteiger partial charge on any atom is 0.230 e. The first-order valence-electron chi connectivity index (χ1n) is 7.68. The first kappa shape index (κ1) is 17.6. The quantitative estimate of drug-likeness (QED) is 0.659. The first-order chi connectivity index (χ1) is 12.7. The lowest BCUT2D eigenvalue weighted by atomic mass is 10.2. The third kappa shape index (κ3) is 4.45. The lowest BCUT2D eigenvalue weighted by molar-refractivity contribution is -0.115. The number of anilines is 3. The van der Waals surface area contributed by atoms with Crippen molar-refractivity contribution in [3.8, 4) is 11.5 Å². The van der Waals surface area contributed by atoms with E-state index in [-0.39, 0.29) is 12.3 Å². The maximum absolute atomic E-state index is 12.3. The number of carbonyl (C=O) groups excluding carboxylic acids is 1. The molecule has 2 N–H and O–H groups in total. The zero-order valence-electron chi connectivity index (χ0n) is 14.2. The van der Waals surface area contributed by atoms with E-state index >= 15 is 0 Å². The van der Waals surface area contributed by atoms with E-state index in [2.05, 4.69) is 25.6 Å².